The zero-order chi connectivity index (χ0) is 33.7. The number of hydrogen-bond donors (Lipinski definition) is 1. The zero-order valence-electron chi connectivity index (χ0n) is 27.7. The molecule has 8 rings (SSSR count). The number of pyridine rings is 2. The Kier molecular flexibility index (Phi) is 8.57. The van der Waals surface area contributed by atoms with Crippen molar-refractivity contribution in [3.05, 3.63) is 194 Å². The Bertz CT molecular complexity index is 2400. The fourth-order valence-electron chi connectivity index (χ4n) is 6.74. The quantitative estimate of drug-likeness (QED) is 0.159. The maximum absolute atomic E-state index is 5.22. The molecule has 1 N–H and O–H groups in total. The maximum Gasteiger partial charge on any atom is 0.0899 e. The Morgan fingerprint density at radius 1 is 0.660 bits per heavy atom. The van der Waals surface area contributed by atoms with Crippen LogP contribution in [0, 0.1) is 0 Å². The van der Waals surface area contributed by atoms with Gasteiger partial charge in [0.05, 0.1) is 28.3 Å². The molecule has 0 bridgehead atoms. The molecule has 1 aliphatic rings. The number of benzene rings is 4. The molecule has 0 amide bonds. The Morgan fingerprint density at radius 3 is 2.26 bits per heavy atom. The van der Waals surface area contributed by atoms with Crippen LogP contribution in [-0.2, 0) is 13.0 Å². The van der Waals surface area contributed by atoms with Crippen LogP contribution < -0.4 is 5.32 Å². The van der Waals surface area contributed by atoms with Crippen molar-refractivity contribution in [2.75, 3.05) is 0 Å². The number of aromatic nitrogens is 3. The Morgan fingerprint density at radius 2 is 1.42 bits per heavy atom. The van der Waals surface area contributed by atoms with E-state index in [0.717, 1.165) is 58.0 Å². The minimum atomic E-state index is 0.798. The average molecular weight is 645 g/mol. The maximum atomic E-state index is 5.22. The molecule has 4 heterocycles. The zero-order valence-corrected chi connectivity index (χ0v) is 27.7. The number of nitrogens with one attached hydrogen (secondary N) is 1. The van der Waals surface area contributed by atoms with Gasteiger partial charge in [-0.3, -0.25) is 4.98 Å². The third-order valence-corrected chi connectivity index (χ3v) is 9.11. The topological polar surface area (TPSA) is 42.7 Å². The van der Waals surface area contributed by atoms with E-state index in [1.807, 2.05) is 42.7 Å². The van der Waals surface area contributed by atoms with E-state index >= 15 is 0 Å². The highest BCUT2D eigenvalue weighted by atomic mass is 15.0. The van der Waals surface area contributed by atoms with Gasteiger partial charge in [-0.1, -0.05) is 110 Å². The molecule has 4 nitrogen and oxygen atoms in total. The highest BCUT2D eigenvalue weighted by Crippen LogP contribution is 2.35. The molecule has 0 atom stereocenters. The molecule has 1 aliphatic heterocycles. The van der Waals surface area contributed by atoms with E-state index in [1.54, 1.807) is 6.08 Å². The molecule has 240 valence electrons. The minimum Gasteiger partial charge on any atom is -0.387 e. The summed E-state index contributed by atoms with van der Waals surface area (Å²) in [6, 6.07) is 45.2. The smallest absolute Gasteiger partial charge is 0.0899 e. The van der Waals surface area contributed by atoms with E-state index in [4.69, 9.17) is 4.98 Å². The van der Waals surface area contributed by atoms with Crippen LogP contribution in [0.15, 0.2) is 177 Å². The van der Waals surface area contributed by atoms with E-state index in [-0.39, 0.29) is 0 Å². The highest BCUT2D eigenvalue weighted by molar-refractivity contribution is 5.91. The van der Waals surface area contributed by atoms with Crippen molar-refractivity contribution >= 4 is 17.0 Å². The van der Waals surface area contributed by atoms with E-state index in [1.165, 1.54) is 33.3 Å². The summed E-state index contributed by atoms with van der Waals surface area (Å²) < 4.78 is 2.36. The second kappa shape index (κ2) is 13.9. The molecule has 0 fully saturated rings. The van der Waals surface area contributed by atoms with Gasteiger partial charge in [0.1, 0.15) is 0 Å². The molecule has 0 aliphatic carbocycles. The summed E-state index contributed by atoms with van der Waals surface area (Å²) in [7, 11) is 0. The SMILES string of the molecule is C=C/C=C\C=C/Cc1cc(-c2ccccc2)cc(-c2cc(-c3ccc(-n4c5c(c6ccccc64)CNC=C5)cc3)cc(-c3ccccn3)n2)c1. The molecule has 3 aromatic heterocycles. The van der Waals surface area contributed by atoms with Gasteiger partial charge in [-0.2, -0.15) is 0 Å². The molecule has 0 saturated heterocycles. The number of rotatable bonds is 9. The summed E-state index contributed by atoms with van der Waals surface area (Å²) in [6.45, 7) is 4.59. The third-order valence-electron chi connectivity index (χ3n) is 9.11. The summed E-state index contributed by atoms with van der Waals surface area (Å²) in [5, 5.41) is 4.67. The fourth-order valence-corrected chi connectivity index (χ4v) is 6.74. The van der Waals surface area contributed by atoms with Gasteiger partial charge in [-0.05, 0) is 101 Å². The molecular weight excluding hydrogens is 609 g/mol. The summed E-state index contributed by atoms with van der Waals surface area (Å²) in [4.78, 5) is 9.90. The molecule has 0 unspecified atom stereocenters. The first-order valence-electron chi connectivity index (χ1n) is 17.0. The van der Waals surface area contributed by atoms with Crippen LogP contribution in [0.5, 0.6) is 0 Å². The Hall–Kier alpha value is -6.52. The molecule has 0 saturated carbocycles. The van der Waals surface area contributed by atoms with E-state index in [2.05, 4.69) is 149 Å². The van der Waals surface area contributed by atoms with Crippen molar-refractivity contribution in [3.63, 3.8) is 0 Å². The number of hydrogen-bond acceptors (Lipinski definition) is 3. The van der Waals surface area contributed by atoms with Gasteiger partial charge >= 0.3 is 0 Å². The van der Waals surface area contributed by atoms with E-state index in [9.17, 15) is 0 Å². The predicted molar refractivity (Wildman–Crippen MR) is 209 cm³/mol. The predicted octanol–water partition coefficient (Wildman–Crippen LogP) is 11.0. The highest BCUT2D eigenvalue weighted by Gasteiger charge is 2.18. The summed E-state index contributed by atoms with van der Waals surface area (Å²) in [5.41, 5.74) is 14.3. The normalized spacial score (nSPS) is 12.4. The van der Waals surface area contributed by atoms with Crippen molar-refractivity contribution in [1.29, 1.82) is 0 Å². The number of para-hydroxylation sites is 1. The lowest BCUT2D eigenvalue weighted by atomic mass is 9.95. The lowest BCUT2D eigenvalue weighted by Crippen LogP contribution is -2.10. The monoisotopic (exact) mass is 644 g/mol. The molecule has 4 heteroatoms. The van der Waals surface area contributed by atoms with Crippen LogP contribution in [0.4, 0.5) is 0 Å². The van der Waals surface area contributed by atoms with Gasteiger partial charge in [0, 0.05) is 34.9 Å². The summed E-state index contributed by atoms with van der Waals surface area (Å²) >= 11 is 0. The number of nitrogens with zero attached hydrogens (tertiary/aromatic N) is 3. The second-order valence-electron chi connectivity index (χ2n) is 12.4. The minimum absolute atomic E-state index is 0.798. The van der Waals surface area contributed by atoms with Crippen molar-refractivity contribution < 1.29 is 0 Å². The molecule has 0 spiro atoms. The van der Waals surface area contributed by atoms with Crippen molar-refractivity contribution in [2.24, 2.45) is 0 Å². The van der Waals surface area contributed by atoms with Crippen molar-refractivity contribution in [1.82, 2.24) is 19.9 Å². The molecule has 0 radical (unpaired) electrons. The van der Waals surface area contributed by atoms with E-state index < -0.39 is 0 Å². The van der Waals surface area contributed by atoms with Crippen LogP contribution in [0.1, 0.15) is 16.8 Å². The first-order chi connectivity index (χ1) is 24.7. The summed E-state index contributed by atoms with van der Waals surface area (Å²) in [5.74, 6) is 0. The second-order valence-corrected chi connectivity index (χ2v) is 12.4. The van der Waals surface area contributed by atoms with Crippen LogP contribution in [0.3, 0.4) is 0 Å². The van der Waals surface area contributed by atoms with Gasteiger partial charge in [-0.15, -0.1) is 0 Å². The van der Waals surface area contributed by atoms with Gasteiger partial charge in [-0.25, -0.2) is 4.98 Å². The van der Waals surface area contributed by atoms with Gasteiger partial charge in [0.15, 0.2) is 0 Å². The lowest BCUT2D eigenvalue weighted by molar-refractivity contribution is 0.855. The van der Waals surface area contributed by atoms with Crippen molar-refractivity contribution in [2.45, 2.75) is 13.0 Å². The Balaban J connectivity index is 1.24. The third kappa shape index (κ3) is 6.23. The largest absolute Gasteiger partial charge is 0.387 e. The van der Waals surface area contributed by atoms with Crippen LogP contribution >= 0.6 is 0 Å². The average Bonchev–Trinajstić information content (AvgIpc) is 3.53. The standard InChI is InChI=1S/C46H36N4/c1-2-3-4-5-7-14-33-27-36(34-15-8-6-9-16-34)29-38(28-33)43-30-37(31-44(49-43)42-18-12-13-25-48-42)35-20-22-39(23-21-35)50-45-19-11-10-17-40(45)41-32-47-26-24-46(41)50/h2-13,15-31,47H,1,14,32H2/b4-3-,7-5-. The van der Waals surface area contributed by atoms with Gasteiger partial charge in [0.25, 0.3) is 0 Å². The number of allylic oxidation sites excluding steroid dienone is 5. The van der Waals surface area contributed by atoms with E-state index in [0.29, 0.717) is 0 Å². The van der Waals surface area contributed by atoms with Crippen LogP contribution in [0.25, 0.3) is 67.6 Å². The lowest BCUT2D eigenvalue weighted by Gasteiger charge is -2.15. The Labute approximate surface area is 293 Å². The number of fused-ring (bicyclic) bond motifs is 3. The fraction of sp³-hybridized carbons (Fsp3) is 0.0435. The molecule has 4 aromatic carbocycles. The molecule has 50 heavy (non-hydrogen) atoms. The van der Waals surface area contributed by atoms with Gasteiger partial charge < -0.3 is 9.88 Å². The molecular formula is C46H36N4. The van der Waals surface area contributed by atoms with Crippen LogP contribution in [-0.4, -0.2) is 14.5 Å². The van der Waals surface area contributed by atoms with Crippen LogP contribution in [0.2, 0.25) is 0 Å². The molecule has 7 aromatic rings. The first kappa shape index (κ1) is 30.8. The van der Waals surface area contributed by atoms with Gasteiger partial charge in [0.2, 0.25) is 0 Å². The first-order valence-corrected chi connectivity index (χ1v) is 17.0. The summed E-state index contributed by atoms with van der Waals surface area (Å²) in [6.07, 6.45) is 16.8. The van der Waals surface area contributed by atoms with Crippen molar-refractivity contribution in [3.8, 4) is 50.6 Å².